The number of benzene rings is 1. The smallest absolute Gasteiger partial charge is 0.257 e. The third-order valence-corrected chi connectivity index (χ3v) is 5.63. The molecule has 2 fully saturated rings. The number of piperazine rings is 1. The van der Waals surface area contributed by atoms with Crippen molar-refractivity contribution >= 4 is 11.8 Å². The van der Waals surface area contributed by atoms with Crippen molar-refractivity contribution in [2.75, 3.05) is 26.2 Å². The lowest BCUT2D eigenvalue weighted by Gasteiger charge is -2.36. The number of carbonyl (C=O) groups is 2. The standard InChI is InChI=1S/C21H26N4O4/c1-15-22-19(23-29-15)14-28-18-9-5-4-8-17(18)21(27)25-12-10-24(11-13-25)20(26)16-6-2-3-7-16/h4-5,8-9,16H,2-3,6-7,10-14H2,1H3. The van der Waals surface area contributed by atoms with Gasteiger partial charge in [0.25, 0.3) is 5.91 Å². The molecular weight excluding hydrogens is 372 g/mol. The summed E-state index contributed by atoms with van der Waals surface area (Å²) in [6.45, 7) is 4.10. The third-order valence-electron chi connectivity index (χ3n) is 5.63. The van der Waals surface area contributed by atoms with E-state index in [2.05, 4.69) is 10.1 Å². The van der Waals surface area contributed by atoms with Crippen molar-refractivity contribution in [3.05, 3.63) is 41.5 Å². The molecule has 1 aromatic carbocycles. The van der Waals surface area contributed by atoms with E-state index in [0.29, 0.717) is 49.2 Å². The first-order valence-electron chi connectivity index (χ1n) is 10.2. The summed E-state index contributed by atoms with van der Waals surface area (Å²) < 4.78 is 10.7. The SMILES string of the molecule is Cc1nc(COc2ccccc2C(=O)N2CCN(C(=O)C3CCCC3)CC2)no1. The van der Waals surface area contributed by atoms with Gasteiger partial charge in [0.05, 0.1) is 5.56 Å². The maximum atomic E-state index is 13.1. The summed E-state index contributed by atoms with van der Waals surface area (Å²) in [7, 11) is 0. The van der Waals surface area contributed by atoms with Crippen LogP contribution in [-0.4, -0.2) is 57.9 Å². The van der Waals surface area contributed by atoms with Crippen LogP contribution < -0.4 is 4.74 Å². The van der Waals surface area contributed by atoms with Crippen LogP contribution in [0.1, 0.15) is 47.8 Å². The molecule has 1 aromatic heterocycles. The van der Waals surface area contributed by atoms with Gasteiger partial charge in [-0.1, -0.05) is 30.1 Å². The number of hydrogen-bond acceptors (Lipinski definition) is 6. The Morgan fingerprint density at radius 1 is 1.10 bits per heavy atom. The zero-order chi connectivity index (χ0) is 20.2. The van der Waals surface area contributed by atoms with Crippen molar-refractivity contribution in [3.63, 3.8) is 0 Å². The number of rotatable bonds is 5. The van der Waals surface area contributed by atoms with Gasteiger partial charge in [-0.2, -0.15) is 4.98 Å². The Bertz CT molecular complexity index is 867. The van der Waals surface area contributed by atoms with Gasteiger partial charge in [-0.3, -0.25) is 9.59 Å². The molecule has 0 bridgehead atoms. The zero-order valence-corrected chi connectivity index (χ0v) is 16.7. The van der Waals surface area contributed by atoms with E-state index in [1.807, 2.05) is 17.0 Å². The van der Waals surface area contributed by atoms with E-state index in [-0.39, 0.29) is 24.3 Å². The molecule has 1 saturated heterocycles. The van der Waals surface area contributed by atoms with E-state index in [0.717, 1.165) is 25.7 Å². The van der Waals surface area contributed by atoms with Crippen LogP contribution in [0.4, 0.5) is 0 Å². The molecule has 154 valence electrons. The van der Waals surface area contributed by atoms with Gasteiger partial charge in [0.1, 0.15) is 5.75 Å². The highest BCUT2D eigenvalue weighted by Crippen LogP contribution is 2.27. The van der Waals surface area contributed by atoms with Gasteiger partial charge in [-0.15, -0.1) is 0 Å². The fourth-order valence-electron chi connectivity index (χ4n) is 4.04. The second kappa shape index (κ2) is 8.63. The summed E-state index contributed by atoms with van der Waals surface area (Å²) >= 11 is 0. The molecule has 2 aromatic rings. The first-order valence-corrected chi connectivity index (χ1v) is 10.2. The number of nitrogens with zero attached hydrogens (tertiary/aromatic N) is 4. The number of ether oxygens (including phenoxy) is 1. The van der Waals surface area contributed by atoms with Gasteiger partial charge in [0.2, 0.25) is 17.6 Å². The first-order chi connectivity index (χ1) is 14.1. The summed E-state index contributed by atoms with van der Waals surface area (Å²) in [5.41, 5.74) is 0.503. The summed E-state index contributed by atoms with van der Waals surface area (Å²) in [5.74, 6) is 1.75. The van der Waals surface area contributed by atoms with E-state index in [4.69, 9.17) is 9.26 Å². The number of carbonyl (C=O) groups excluding carboxylic acids is 2. The molecule has 1 aliphatic carbocycles. The number of hydrogen-bond donors (Lipinski definition) is 0. The molecule has 2 heterocycles. The van der Waals surface area contributed by atoms with Crippen molar-refractivity contribution in [2.24, 2.45) is 5.92 Å². The van der Waals surface area contributed by atoms with Crippen molar-refractivity contribution < 1.29 is 18.8 Å². The molecule has 0 unspecified atom stereocenters. The number of amides is 2. The second-order valence-electron chi connectivity index (χ2n) is 7.61. The van der Waals surface area contributed by atoms with Gasteiger partial charge < -0.3 is 19.1 Å². The topological polar surface area (TPSA) is 88.8 Å². The Kier molecular flexibility index (Phi) is 5.78. The summed E-state index contributed by atoms with van der Waals surface area (Å²) in [6, 6.07) is 7.17. The van der Waals surface area contributed by atoms with E-state index in [1.165, 1.54) is 0 Å². The molecule has 0 spiro atoms. The minimum absolute atomic E-state index is 0.0853. The third kappa shape index (κ3) is 4.41. The highest BCUT2D eigenvalue weighted by molar-refractivity contribution is 5.97. The maximum Gasteiger partial charge on any atom is 0.257 e. The molecule has 8 heteroatoms. The van der Waals surface area contributed by atoms with E-state index < -0.39 is 0 Å². The van der Waals surface area contributed by atoms with Crippen LogP contribution in [0.3, 0.4) is 0 Å². The number of para-hydroxylation sites is 1. The summed E-state index contributed by atoms with van der Waals surface area (Å²) in [5, 5.41) is 3.81. The Hall–Kier alpha value is -2.90. The highest BCUT2D eigenvalue weighted by Gasteiger charge is 2.31. The predicted octanol–water partition coefficient (Wildman–Crippen LogP) is 2.43. The molecule has 1 saturated carbocycles. The Labute approximate surface area is 169 Å². The maximum absolute atomic E-state index is 13.1. The van der Waals surface area contributed by atoms with E-state index in [1.54, 1.807) is 24.0 Å². The fraction of sp³-hybridized carbons (Fsp3) is 0.524. The zero-order valence-electron chi connectivity index (χ0n) is 16.7. The van der Waals surface area contributed by atoms with E-state index in [9.17, 15) is 9.59 Å². The Morgan fingerprint density at radius 2 is 1.79 bits per heavy atom. The monoisotopic (exact) mass is 398 g/mol. The van der Waals surface area contributed by atoms with Gasteiger partial charge in [-0.25, -0.2) is 0 Å². The van der Waals surface area contributed by atoms with Crippen LogP contribution in [-0.2, 0) is 11.4 Å². The van der Waals surface area contributed by atoms with Crippen LogP contribution in [0.2, 0.25) is 0 Å². The van der Waals surface area contributed by atoms with Crippen LogP contribution >= 0.6 is 0 Å². The average molecular weight is 398 g/mol. The second-order valence-corrected chi connectivity index (χ2v) is 7.61. The molecule has 2 aliphatic rings. The van der Waals surface area contributed by atoms with Crippen LogP contribution in [0.25, 0.3) is 0 Å². The van der Waals surface area contributed by atoms with Gasteiger partial charge >= 0.3 is 0 Å². The fourth-order valence-corrected chi connectivity index (χ4v) is 4.04. The van der Waals surface area contributed by atoms with Gasteiger partial charge in [0, 0.05) is 39.0 Å². The first kappa shape index (κ1) is 19.4. The Balaban J connectivity index is 1.36. The lowest BCUT2D eigenvalue weighted by Crippen LogP contribution is -2.51. The minimum atomic E-state index is -0.0853. The average Bonchev–Trinajstić information content (AvgIpc) is 3.43. The molecular formula is C21H26N4O4. The van der Waals surface area contributed by atoms with Crippen molar-refractivity contribution in [1.82, 2.24) is 19.9 Å². The van der Waals surface area contributed by atoms with Crippen LogP contribution in [0.5, 0.6) is 5.75 Å². The van der Waals surface area contributed by atoms with Gasteiger partial charge in [-0.05, 0) is 25.0 Å². The van der Waals surface area contributed by atoms with Crippen LogP contribution in [0, 0.1) is 12.8 Å². The molecule has 4 rings (SSSR count). The normalized spacial score (nSPS) is 17.6. The minimum Gasteiger partial charge on any atom is -0.485 e. The Morgan fingerprint density at radius 3 is 2.48 bits per heavy atom. The predicted molar refractivity (Wildman–Crippen MR) is 104 cm³/mol. The van der Waals surface area contributed by atoms with Crippen LogP contribution in [0.15, 0.2) is 28.8 Å². The van der Waals surface area contributed by atoms with Gasteiger partial charge in [0.15, 0.2) is 6.61 Å². The molecule has 0 radical (unpaired) electrons. The molecule has 1 aliphatic heterocycles. The molecule has 8 nitrogen and oxygen atoms in total. The summed E-state index contributed by atoms with van der Waals surface area (Å²) in [6.07, 6.45) is 4.30. The van der Waals surface area contributed by atoms with Crippen molar-refractivity contribution in [3.8, 4) is 5.75 Å². The quantitative estimate of drug-likeness (QED) is 0.769. The van der Waals surface area contributed by atoms with Crippen molar-refractivity contribution in [2.45, 2.75) is 39.2 Å². The van der Waals surface area contributed by atoms with Crippen molar-refractivity contribution in [1.29, 1.82) is 0 Å². The molecule has 0 atom stereocenters. The summed E-state index contributed by atoms with van der Waals surface area (Å²) in [4.78, 5) is 33.5. The largest absolute Gasteiger partial charge is 0.485 e. The molecule has 0 N–H and O–H groups in total. The lowest BCUT2D eigenvalue weighted by molar-refractivity contribution is -0.136. The number of aryl methyl sites for hydroxylation is 1. The molecule has 29 heavy (non-hydrogen) atoms. The van der Waals surface area contributed by atoms with E-state index >= 15 is 0 Å². The molecule has 2 amide bonds. The number of aromatic nitrogens is 2. The lowest BCUT2D eigenvalue weighted by atomic mass is 10.1. The highest BCUT2D eigenvalue weighted by atomic mass is 16.5.